The maximum atomic E-state index is 5.58. The molecule has 0 atom stereocenters. The van der Waals surface area contributed by atoms with Crippen LogP contribution in [0.2, 0.25) is 0 Å². The van der Waals surface area contributed by atoms with E-state index in [-0.39, 0.29) is 0 Å². The van der Waals surface area contributed by atoms with Crippen molar-refractivity contribution in [2.45, 2.75) is 26.7 Å². The summed E-state index contributed by atoms with van der Waals surface area (Å²) in [6.07, 6.45) is 4.11. The highest BCUT2D eigenvalue weighted by atomic mass is 16.5. The summed E-state index contributed by atoms with van der Waals surface area (Å²) in [6.45, 7) is 4.48. The number of benzene rings is 1. The van der Waals surface area contributed by atoms with Crippen LogP contribution >= 0.6 is 0 Å². The Morgan fingerprint density at radius 3 is 2.81 bits per heavy atom. The van der Waals surface area contributed by atoms with Crippen LogP contribution in [0.3, 0.4) is 0 Å². The molecule has 0 aliphatic carbocycles. The molecule has 16 heavy (non-hydrogen) atoms. The van der Waals surface area contributed by atoms with E-state index in [0.717, 1.165) is 23.7 Å². The second kappa shape index (κ2) is 4.60. The Morgan fingerprint density at radius 1 is 1.31 bits per heavy atom. The average Bonchev–Trinajstić information content (AvgIpc) is 2.69. The van der Waals surface area contributed by atoms with Gasteiger partial charge in [0, 0.05) is 5.39 Å². The van der Waals surface area contributed by atoms with Crippen LogP contribution in [-0.2, 0) is 6.42 Å². The van der Waals surface area contributed by atoms with E-state index in [2.05, 4.69) is 19.9 Å². The average molecular weight is 218 g/mol. The summed E-state index contributed by atoms with van der Waals surface area (Å²) in [5.41, 5.74) is 2.14. The van der Waals surface area contributed by atoms with Gasteiger partial charge in [-0.1, -0.05) is 26.0 Å². The van der Waals surface area contributed by atoms with Crippen LogP contribution in [0.1, 0.15) is 25.8 Å². The van der Waals surface area contributed by atoms with E-state index in [1.54, 1.807) is 7.11 Å². The minimum absolute atomic E-state index is 0.718. The highest BCUT2D eigenvalue weighted by Gasteiger charge is 2.10. The van der Waals surface area contributed by atoms with Gasteiger partial charge < -0.3 is 9.15 Å². The van der Waals surface area contributed by atoms with Gasteiger partial charge in [-0.2, -0.15) is 0 Å². The Kier molecular flexibility index (Phi) is 3.18. The zero-order chi connectivity index (χ0) is 11.5. The van der Waals surface area contributed by atoms with Gasteiger partial charge in [-0.05, 0) is 30.4 Å². The molecular weight excluding hydrogens is 200 g/mol. The number of furan rings is 1. The number of hydrogen-bond donors (Lipinski definition) is 0. The third-order valence-corrected chi connectivity index (χ3v) is 2.85. The van der Waals surface area contributed by atoms with Crippen molar-refractivity contribution in [3.05, 3.63) is 30.0 Å². The fourth-order valence-corrected chi connectivity index (χ4v) is 1.88. The molecule has 0 aliphatic heterocycles. The molecule has 0 amide bonds. The summed E-state index contributed by atoms with van der Waals surface area (Å²) in [6, 6.07) is 6.03. The number of rotatable bonds is 4. The highest BCUT2D eigenvalue weighted by Crippen LogP contribution is 2.30. The molecule has 86 valence electrons. The predicted octanol–water partition coefficient (Wildman–Crippen LogP) is 4.03. The molecule has 2 rings (SSSR count). The van der Waals surface area contributed by atoms with Gasteiger partial charge in [0.1, 0.15) is 0 Å². The molecule has 1 heterocycles. The van der Waals surface area contributed by atoms with E-state index in [1.165, 1.54) is 17.4 Å². The van der Waals surface area contributed by atoms with Crippen molar-refractivity contribution in [2.24, 2.45) is 5.92 Å². The maximum absolute atomic E-state index is 5.58. The van der Waals surface area contributed by atoms with E-state index >= 15 is 0 Å². The van der Waals surface area contributed by atoms with E-state index in [0.29, 0.717) is 0 Å². The summed E-state index contributed by atoms with van der Waals surface area (Å²) in [5, 5.41) is 1.18. The molecule has 0 unspecified atom stereocenters. The normalized spacial score (nSPS) is 11.2. The smallest absolute Gasteiger partial charge is 0.175 e. The first-order valence-corrected chi connectivity index (χ1v) is 5.75. The Balaban J connectivity index is 2.34. The molecule has 0 saturated heterocycles. The SMILES string of the molecule is COc1cccc2c(CCC(C)C)coc12. The van der Waals surface area contributed by atoms with Crippen molar-refractivity contribution >= 4 is 11.0 Å². The predicted molar refractivity (Wildman–Crippen MR) is 65.9 cm³/mol. The first-order valence-electron chi connectivity index (χ1n) is 5.75. The standard InChI is InChI=1S/C14H18O2/c1-10(2)7-8-11-9-16-14-12(11)5-4-6-13(14)15-3/h4-6,9-10H,7-8H2,1-3H3. The quantitative estimate of drug-likeness (QED) is 0.773. The number of aryl methyl sites for hydroxylation is 1. The lowest BCUT2D eigenvalue weighted by Gasteiger charge is -2.03. The second-order valence-electron chi connectivity index (χ2n) is 4.53. The lowest BCUT2D eigenvalue weighted by Crippen LogP contribution is -1.91. The molecule has 2 heteroatoms. The number of para-hydroxylation sites is 1. The largest absolute Gasteiger partial charge is 0.493 e. The van der Waals surface area contributed by atoms with Crippen LogP contribution in [-0.4, -0.2) is 7.11 Å². The van der Waals surface area contributed by atoms with E-state index in [1.807, 2.05) is 18.4 Å². The van der Waals surface area contributed by atoms with Crippen LogP contribution in [0.25, 0.3) is 11.0 Å². The monoisotopic (exact) mass is 218 g/mol. The maximum Gasteiger partial charge on any atom is 0.175 e. The first-order chi connectivity index (χ1) is 7.72. The summed E-state index contributed by atoms with van der Waals surface area (Å²) >= 11 is 0. The van der Waals surface area contributed by atoms with Gasteiger partial charge in [0.25, 0.3) is 0 Å². The molecule has 0 spiro atoms. The fraction of sp³-hybridized carbons (Fsp3) is 0.429. The van der Waals surface area contributed by atoms with Crippen molar-refractivity contribution < 1.29 is 9.15 Å². The zero-order valence-corrected chi connectivity index (χ0v) is 10.1. The minimum atomic E-state index is 0.718. The third kappa shape index (κ3) is 2.06. The summed E-state index contributed by atoms with van der Waals surface area (Å²) in [7, 11) is 1.67. The molecular formula is C14H18O2. The molecule has 1 aromatic carbocycles. The second-order valence-corrected chi connectivity index (χ2v) is 4.53. The lowest BCUT2D eigenvalue weighted by molar-refractivity contribution is 0.410. The fourth-order valence-electron chi connectivity index (χ4n) is 1.88. The van der Waals surface area contributed by atoms with Crippen LogP contribution < -0.4 is 4.74 Å². The van der Waals surface area contributed by atoms with Crippen LogP contribution in [0.4, 0.5) is 0 Å². The van der Waals surface area contributed by atoms with Gasteiger partial charge >= 0.3 is 0 Å². The van der Waals surface area contributed by atoms with Gasteiger partial charge in [0.2, 0.25) is 0 Å². The number of fused-ring (bicyclic) bond motifs is 1. The summed E-state index contributed by atoms with van der Waals surface area (Å²) in [5.74, 6) is 1.53. The number of hydrogen-bond acceptors (Lipinski definition) is 2. The van der Waals surface area contributed by atoms with Gasteiger partial charge in [-0.25, -0.2) is 0 Å². The van der Waals surface area contributed by atoms with E-state index in [4.69, 9.17) is 9.15 Å². The van der Waals surface area contributed by atoms with E-state index < -0.39 is 0 Å². The van der Waals surface area contributed by atoms with Crippen molar-refractivity contribution in [2.75, 3.05) is 7.11 Å². The van der Waals surface area contributed by atoms with Crippen molar-refractivity contribution in [3.8, 4) is 5.75 Å². The van der Waals surface area contributed by atoms with Gasteiger partial charge in [-0.15, -0.1) is 0 Å². The molecule has 1 aromatic heterocycles. The first kappa shape index (κ1) is 11.1. The Bertz CT molecular complexity index is 469. The molecule has 0 saturated carbocycles. The molecule has 0 bridgehead atoms. The lowest BCUT2D eigenvalue weighted by atomic mass is 10.0. The molecule has 0 radical (unpaired) electrons. The molecule has 0 aliphatic rings. The molecule has 0 fully saturated rings. The van der Waals surface area contributed by atoms with Crippen molar-refractivity contribution in [3.63, 3.8) is 0 Å². The van der Waals surface area contributed by atoms with Crippen LogP contribution in [0.15, 0.2) is 28.9 Å². The number of methoxy groups -OCH3 is 1. The third-order valence-electron chi connectivity index (χ3n) is 2.85. The Labute approximate surface area is 96.2 Å². The number of ether oxygens (including phenoxy) is 1. The Hall–Kier alpha value is -1.44. The highest BCUT2D eigenvalue weighted by molar-refractivity contribution is 5.86. The molecule has 2 aromatic rings. The topological polar surface area (TPSA) is 22.4 Å². The van der Waals surface area contributed by atoms with Crippen molar-refractivity contribution in [1.29, 1.82) is 0 Å². The zero-order valence-electron chi connectivity index (χ0n) is 10.1. The molecule has 0 N–H and O–H groups in total. The van der Waals surface area contributed by atoms with Gasteiger partial charge in [0.05, 0.1) is 13.4 Å². The van der Waals surface area contributed by atoms with Crippen molar-refractivity contribution in [1.82, 2.24) is 0 Å². The van der Waals surface area contributed by atoms with Gasteiger partial charge in [-0.3, -0.25) is 0 Å². The van der Waals surface area contributed by atoms with Gasteiger partial charge in [0.15, 0.2) is 11.3 Å². The van der Waals surface area contributed by atoms with Crippen LogP contribution in [0.5, 0.6) is 5.75 Å². The van der Waals surface area contributed by atoms with E-state index in [9.17, 15) is 0 Å². The Morgan fingerprint density at radius 2 is 2.12 bits per heavy atom. The summed E-state index contributed by atoms with van der Waals surface area (Å²) < 4.78 is 10.9. The minimum Gasteiger partial charge on any atom is -0.493 e. The summed E-state index contributed by atoms with van der Waals surface area (Å²) in [4.78, 5) is 0. The molecule has 2 nitrogen and oxygen atoms in total. The van der Waals surface area contributed by atoms with Crippen LogP contribution in [0, 0.1) is 5.92 Å².